The Balaban J connectivity index is 1.82. The molecule has 1 aromatic carbocycles. The molecule has 42 heavy (non-hydrogen) atoms. The van der Waals surface area contributed by atoms with E-state index in [2.05, 4.69) is 10.3 Å². The van der Waals surface area contributed by atoms with Gasteiger partial charge in [0.05, 0.1) is 38.8 Å². The summed E-state index contributed by atoms with van der Waals surface area (Å²) in [6.45, 7) is 6.87. The second-order valence-corrected chi connectivity index (χ2v) is 11.7. The lowest BCUT2D eigenvalue weighted by atomic mass is 10.1. The maximum Gasteiger partial charge on any atom is 0.409 e. The number of hydrogen-bond acceptors (Lipinski definition) is 9. The van der Waals surface area contributed by atoms with Crippen molar-refractivity contribution in [2.75, 3.05) is 59.3 Å². The van der Waals surface area contributed by atoms with Gasteiger partial charge in [-0.25, -0.2) is 9.78 Å². The first kappa shape index (κ1) is 33.0. The van der Waals surface area contributed by atoms with Gasteiger partial charge in [0.1, 0.15) is 17.5 Å². The van der Waals surface area contributed by atoms with Gasteiger partial charge in [-0.1, -0.05) is 43.7 Å². The number of piperazine rings is 1. The Kier molecular flexibility index (Phi) is 12.8. The summed E-state index contributed by atoms with van der Waals surface area (Å²) in [6.07, 6.45) is 0.902. The largest absolute Gasteiger partial charge is 0.497 e. The summed E-state index contributed by atoms with van der Waals surface area (Å²) < 4.78 is 35.0. The minimum absolute atomic E-state index is 0.0216. The first-order valence-corrected chi connectivity index (χ1v) is 16.0. The number of methoxy groups -OCH3 is 1. The molecule has 1 saturated heterocycles. The van der Waals surface area contributed by atoms with E-state index in [1.54, 1.807) is 24.8 Å². The van der Waals surface area contributed by atoms with Crippen molar-refractivity contribution in [3.8, 4) is 17.0 Å². The highest BCUT2D eigenvalue weighted by atomic mass is 31.2. The van der Waals surface area contributed by atoms with Gasteiger partial charge in [-0.05, 0) is 20.3 Å². The number of amides is 3. The molecule has 0 spiro atoms. The summed E-state index contributed by atoms with van der Waals surface area (Å²) in [7, 11) is -2.25. The molecule has 0 unspecified atom stereocenters. The number of rotatable bonds is 14. The number of carbonyl (C=O) groups excluding carboxylic acids is 3. The smallest absolute Gasteiger partial charge is 0.409 e. The summed E-state index contributed by atoms with van der Waals surface area (Å²) in [5, 5.41) is 2.72. The van der Waals surface area contributed by atoms with Crippen LogP contribution in [-0.2, 0) is 23.1 Å². The monoisotopic (exact) mass is 604 g/mol. The van der Waals surface area contributed by atoms with E-state index in [-0.39, 0.29) is 51.2 Å². The zero-order chi connectivity index (χ0) is 30.5. The molecule has 1 fully saturated rings. The van der Waals surface area contributed by atoms with Crippen LogP contribution in [-0.4, -0.2) is 98.0 Å². The van der Waals surface area contributed by atoms with Crippen LogP contribution in [0.5, 0.6) is 5.75 Å². The highest BCUT2D eigenvalue weighted by molar-refractivity contribution is 7.54. The van der Waals surface area contributed by atoms with Crippen molar-refractivity contribution >= 4 is 25.5 Å². The summed E-state index contributed by atoms with van der Waals surface area (Å²) in [6, 6.07) is 11.2. The van der Waals surface area contributed by atoms with Gasteiger partial charge in [0.15, 0.2) is 0 Å². The van der Waals surface area contributed by atoms with Crippen molar-refractivity contribution in [1.82, 2.24) is 20.1 Å². The van der Waals surface area contributed by atoms with E-state index in [0.29, 0.717) is 18.1 Å². The van der Waals surface area contributed by atoms with Crippen LogP contribution in [0.2, 0.25) is 0 Å². The molecule has 0 saturated carbocycles. The maximum atomic E-state index is 13.7. The standard InChI is InChI=1S/C29H41N4O8P/c1-5-8-18-39-29(36)33-16-14-32(15-17-33)28(35)26(21-42(37,40-6-2)41-7-3)31-27(34)25-20-23(38-4)19-24(30-25)22-12-10-9-11-13-22/h9-13,19-20,26H,5-8,14-18,21H2,1-4H3,(H,31,34)/t26-/m0/s1. The predicted molar refractivity (Wildman–Crippen MR) is 158 cm³/mol. The van der Waals surface area contributed by atoms with E-state index in [1.165, 1.54) is 18.1 Å². The molecule has 1 aliphatic heterocycles. The second kappa shape index (κ2) is 16.2. The molecule has 0 bridgehead atoms. The molecule has 2 aromatic rings. The minimum atomic E-state index is -3.74. The van der Waals surface area contributed by atoms with Crippen molar-refractivity contribution < 1.29 is 37.5 Å². The summed E-state index contributed by atoms with van der Waals surface area (Å²) >= 11 is 0. The third kappa shape index (κ3) is 9.27. The Morgan fingerprint density at radius 1 is 0.976 bits per heavy atom. The van der Waals surface area contributed by atoms with Gasteiger partial charge in [0, 0.05) is 43.9 Å². The molecule has 1 aliphatic rings. The zero-order valence-electron chi connectivity index (χ0n) is 24.7. The van der Waals surface area contributed by atoms with Crippen LogP contribution in [0.25, 0.3) is 11.3 Å². The Morgan fingerprint density at radius 2 is 1.62 bits per heavy atom. The molecule has 2 heterocycles. The molecule has 3 rings (SSSR count). The van der Waals surface area contributed by atoms with Gasteiger partial charge in [-0.15, -0.1) is 0 Å². The van der Waals surface area contributed by atoms with Crippen LogP contribution in [0.1, 0.15) is 44.1 Å². The molecule has 0 aliphatic carbocycles. The third-order valence-corrected chi connectivity index (χ3v) is 8.69. The first-order chi connectivity index (χ1) is 20.2. The Labute approximate surface area is 247 Å². The van der Waals surface area contributed by atoms with E-state index >= 15 is 0 Å². The lowest BCUT2D eigenvalue weighted by molar-refractivity contribution is -0.134. The van der Waals surface area contributed by atoms with Crippen LogP contribution in [0.3, 0.4) is 0 Å². The quantitative estimate of drug-likeness (QED) is 0.248. The number of ether oxygens (including phenoxy) is 2. The molecular weight excluding hydrogens is 563 g/mol. The normalized spacial score (nSPS) is 14.3. The maximum absolute atomic E-state index is 13.7. The number of pyridine rings is 1. The number of nitrogens with zero attached hydrogens (tertiary/aromatic N) is 3. The Hall–Kier alpha value is -3.47. The number of aromatic nitrogens is 1. The van der Waals surface area contributed by atoms with Crippen LogP contribution in [0, 0.1) is 0 Å². The summed E-state index contributed by atoms with van der Waals surface area (Å²) in [5.74, 6) is -0.705. The Bertz CT molecular complexity index is 1230. The van der Waals surface area contributed by atoms with Crippen LogP contribution < -0.4 is 10.1 Å². The fourth-order valence-electron chi connectivity index (χ4n) is 4.40. The van der Waals surface area contributed by atoms with Crippen molar-refractivity contribution in [3.63, 3.8) is 0 Å². The molecule has 1 atom stereocenters. The van der Waals surface area contributed by atoms with E-state index in [1.807, 2.05) is 37.3 Å². The van der Waals surface area contributed by atoms with E-state index in [4.69, 9.17) is 18.5 Å². The number of carbonyl (C=O) groups is 3. The van der Waals surface area contributed by atoms with E-state index < -0.39 is 31.5 Å². The number of nitrogens with one attached hydrogen (secondary N) is 1. The molecule has 12 nitrogen and oxygen atoms in total. The minimum Gasteiger partial charge on any atom is -0.497 e. The van der Waals surface area contributed by atoms with Gasteiger partial charge in [0.2, 0.25) is 5.91 Å². The van der Waals surface area contributed by atoms with E-state index in [0.717, 1.165) is 18.4 Å². The molecule has 3 amide bonds. The zero-order valence-corrected chi connectivity index (χ0v) is 25.6. The molecule has 0 radical (unpaired) electrons. The summed E-state index contributed by atoms with van der Waals surface area (Å²) in [4.78, 5) is 47.2. The number of unbranched alkanes of at least 4 members (excludes halogenated alkanes) is 1. The molecule has 13 heteroatoms. The molecule has 230 valence electrons. The van der Waals surface area contributed by atoms with Gasteiger partial charge >= 0.3 is 13.7 Å². The highest BCUT2D eigenvalue weighted by Crippen LogP contribution is 2.48. The SMILES string of the molecule is CCCCOC(=O)N1CCN(C(=O)[C@H](CP(=O)(OCC)OCC)NC(=O)c2cc(OC)cc(-c3ccccc3)n2)CC1. The van der Waals surface area contributed by atoms with Gasteiger partial charge in [-0.3, -0.25) is 14.2 Å². The van der Waals surface area contributed by atoms with Crippen LogP contribution >= 0.6 is 7.60 Å². The third-order valence-electron chi connectivity index (χ3n) is 6.57. The van der Waals surface area contributed by atoms with Gasteiger partial charge in [-0.2, -0.15) is 0 Å². The van der Waals surface area contributed by atoms with Gasteiger partial charge in [0.25, 0.3) is 5.91 Å². The highest BCUT2D eigenvalue weighted by Gasteiger charge is 2.37. The van der Waals surface area contributed by atoms with Crippen molar-refractivity contribution in [2.45, 2.75) is 39.7 Å². The molecular formula is C29H41N4O8P. The van der Waals surface area contributed by atoms with Gasteiger partial charge < -0.3 is 33.6 Å². The Morgan fingerprint density at radius 3 is 2.21 bits per heavy atom. The van der Waals surface area contributed by atoms with Crippen molar-refractivity contribution in [1.29, 1.82) is 0 Å². The average Bonchev–Trinajstić information content (AvgIpc) is 3.00. The average molecular weight is 605 g/mol. The first-order valence-electron chi connectivity index (χ1n) is 14.2. The molecule has 1 aromatic heterocycles. The van der Waals surface area contributed by atoms with E-state index in [9.17, 15) is 18.9 Å². The lowest BCUT2D eigenvalue weighted by Crippen LogP contribution is -2.57. The topological polar surface area (TPSA) is 137 Å². The van der Waals surface area contributed by atoms with Crippen LogP contribution in [0.15, 0.2) is 42.5 Å². The molecule has 1 N–H and O–H groups in total. The number of hydrogen-bond donors (Lipinski definition) is 1. The van der Waals surface area contributed by atoms with Crippen molar-refractivity contribution in [3.05, 3.63) is 48.2 Å². The second-order valence-electron chi connectivity index (χ2n) is 9.58. The fourth-order valence-corrected chi connectivity index (χ4v) is 6.17. The summed E-state index contributed by atoms with van der Waals surface area (Å²) in [5.41, 5.74) is 1.31. The predicted octanol–water partition coefficient (Wildman–Crippen LogP) is 4.20. The fraction of sp³-hybridized carbons (Fsp3) is 0.517. The van der Waals surface area contributed by atoms with Crippen LogP contribution in [0.4, 0.5) is 4.79 Å². The van der Waals surface area contributed by atoms with Crippen molar-refractivity contribution in [2.24, 2.45) is 0 Å². The lowest BCUT2D eigenvalue weighted by Gasteiger charge is -2.36. The number of benzene rings is 1.